The lowest BCUT2D eigenvalue weighted by Crippen LogP contribution is -2.42. The van der Waals surface area contributed by atoms with Gasteiger partial charge in [0, 0.05) is 113 Å². The second-order valence-electron chi connectivity index (χ2n) is 19.1. The summed E-state index contributed by atoms with van der Waals surface area (Å²) in [6.07, 6.45) is 10.3. The molecule has 10 rings (SSSR count). The van der Waals surface area contributed by atoms with Crippen LogP contribution in [0.25, 0.3) is 11.1 Å². The van der Waals surface area contributed by atoms with E-state index in [1.807, 2.05) is 11.0 Å². The second kappa shape index (κ2) is 19.8. The van der Waals surface area contributed by atoms with E-state index in [2.05, 4.69) is 46.1 Å². The van der Waals surface area contributed by atoms with Gasteiger partial charge in [-0.2, -0.15) is 15.5 Å². The Balaban J connectivity index is 0.730. The molecule has 15 nitrogen and oxygen atoms in total. The van der Waals surface area contributed by atoms with Crippen LogP contribution in [-0.2, 0) is 31.2 Å². The van der Waals surface area contributed by atoms with Crippen LogP contribution in [0.15, 0.2) is 42.7 Å². The number of aromatic nitrogens is 6. The number of nitrogens with zero attached hydrogens (tertiary/aromatic N) is 11. The Morgan fingerprint density at radius 2 is 1.78 bits per heavy atom. The number of halogens is 3. The van der Waals surface area contributed by atoms with Gasteiger partial charge in [-0.25, -0.2) is 8.78 Å². The highest BCUT2D eigenvalue weighted by Crippen LogP contribution is 2.44. The lowest BCUT2D eigenvalue weighted by Gasteiger charge is -2.38. The van der Waals surface area contributed by atoms with Crippen LogP contribution in [0.2, 0.25) is 5.02 Å². The monoisotopic (exact) mass is 966 g/mol. The van der Waals surface area contributed by atoms with Crippen LogP contribution in [-0.4, -0.2) is 109 Å². The summed E-state index contributed by atoms with van der Waals surface area (Å²) in [5.41, 5.74) is 5.58. The second-order valence-corrected chi connectivity index (χ2v) is 20.4. The van der Waals surface area contributed by atoms with Crippen molar-refractivity contribution in [2.45, 2.75) is 109 Å². The van der Waals surface area contributed by atoms with E-state index in [1.165, 1.54) is 11.3 Å². The molecule has 358 valence electrons. The maximum atomic E-state index is 14.8. The van der Waals surface area contributed by atoms with Crippen molar-refractivity contribution in [2.24, 2.45) is 13.0 Å². The van der Waals surface area contributed by atoms with E-state index < -0.39 is 6.43 Å². The van der Waals surface area contributed by atoms with Gasteiger partial charge in [0.25, 0.3) is 12.3 Å². The summed E-state index contributed by atoms with van der Waals surface area (Å²) in [6, 6.07) is 11.0. The Labute approximate surface area is 404 Å². The van der Waals surface area contributed by atoms with E-state index in [0.717, 1.165) is 130 Å². The standard InChI is InChI=1S/C49H57ClF2N12O3S/c1-30(65)62-21-15-43-41(29-62)46(63-16-3-4-32-22-39(34-26-54-59(2)28-34)40(45(51)52)24-44(32)63)58-64(43)36-13-17-60(18-14-36)27-31-11-19-61(20-12-31)49-57-56-48(68-49)47(66)55-35-6-9-37(10-7-35)67-38-8-5-33(25-53)42(50)23-38/h5,8,22-24,26,28,31,35-37,45H,3-4,6-7,9-21,27,29H2,1-2H3,(H,55,66). The molecule has 5 aromatic rings. The SMILES string of the molecule is CC(=O)N1CCc2c(c(N3CCCc4cc(-c5cnn(C)c5)c(C(F)F)cc43)nn2C2CCN(CC3CCN(c4nnc(C(=O)NC5CCC(Oc6ccc(C#N)c(Cl)c6)CC5)s4)CC3)CC2)C1. The molecule has 1 saturated carbocycles. The van der Waals surface area contributed by atoms with E-state index in [1.54, 1.807) is 55.3 Å². The Morgan fingerprint density at radius 3 is 2.49 bits per heavy atom. The average Bonchev–Trinajstić information content (AvgIpc) is 4.11. The van der Waals surface area contributed by atoms with Crippen molar-refractivity contribution >= 4 is 51.4 Å². The van der Waals surface area contributed by atoms with Crippen molar-refractivity contribution in [3.05, 3.63) is 80.7 Å². The third kappa shape index (κ3) is 9.66. The van der Waals surface area contributed by atoms with Gasteiger partial charge in [-0.3, -0.25) is 19.0 Å². The lowest BCUT2D eigenvalue weighted by atomic mass is 9.92. The summed E-state index contributed by atoms with van der Waals surface area (Å²) in [5.74, 6) is 1.83. The Hall–Kier alpha value is -5.64. The van der Waals surface area contributed by atoms with E-state index in [0.29, 0.717) is 64.4 Å². The van der Waals surface area contributed by atoms with Crippen molar-refractivity contribution in [2.75, 3.05) is 55.6 Å². The van der Waals surface area contributed by atoms with Crippen LogP contribution in [0.5, 0.6) is 5.75 Å². The first-order chi connectivity index (χ1) is 33.0. The molecule has 2 saturated heterocycles. The van der Waals surface area contributed by atoms with Gasteiger partial charge < -0.3 is 29.7 Å². The molecule has 0 spiro atoms. The third-order valence-corrected chi connectivity index (χ3v) is 16.0. The molecule has 3 aromatic heterocycles. The maximum absolute atomic E-state index is 14.8. The van der Waals surface area contributed by atoms with Crippen molar-refractivity contribution in [3.63, 3.8) is 0 Å². The molecule has 19 heteroatoms. The normalized spacial score (nSPS) is 20.6. The predicted octanol–water partition coefficient (Wildman–Crippen LogP) is 8.26. The predicted molar refractivity (Wildman–Crippen MR) is 256 cm³/mol. The lowest BCUT2D eigenvalue weighted by molar-refractivity contribution is -0.129. The molecule has 2 amide bonds. The van der Waals surface area contributed by atoms with Crippen LogP contribution in [0.3, 0.4) is 0 Å². The van der Waals surface area contributed by atoms with Gasteiger partial charge >= 0.3 is 0 Å². The summed E-state index contributed by atoms with van der Waals surface area (Å²) in [7, 11) is 1.79. The number of nitriles is 1. The van der Waals surface area contributed by atoms with E-state index in [-0.39, 0.29) is 35.6 Å². The smallest absolute Gasteiger partial charge is 0.282 e. The van der Waals surface area contributed by atoms with Crippen LogP contribution >= 0.6 is 22.9 Å². The van der Waals surface area contributed by atoms with Gasteiger partial charge in [0.2, 0.25) is 16.0 Å². The molecule has 0 radical (unpaired) electrons. The summed E-state index contributed by atoms with van der Waals surface area (Å²) < 4.78 is 39.5. The minimum absolute atomic E-state index is 0.0126. The number of hydrogen-bond acceptors (Lipinski definition) is 12. The van der Waals surface area contributed by atoms with Crippen LogP contribution < -0.4 is 19.9 Å². The first-order valence-corrected chi connectivity index (χ1v) is 25.2. The van der Waals surface area contributed by atoms with Gasteiger partial charge in [0.15, 0.2) is 5.82 Å². The van der Waals surface area contributed by atoms with Gasteiger partial charge in [-0.15, -0.1) is 10.2 Å². The maximum Gasteiger partial charge on any atom is 0.282 e. The number of hydrogen-bond donors (Lipinski definition) is 1. The van der Waals surface area contributed by atoms with Gasteiger partial charge in [0.1, 0.15) is 11.8 Å². The number of benzene rings is 2. The molecule has 1 aliphatic carbocycles. The third-order valence-electron chi connectivity index (χ3n) is 14.7. The van der Waals surface area contributed by atoms with E-state index in [9.17, 15) is 18.4 Å². The van der Waals surface area contributed by atoms with Crippen molar-refractivity contribution < 1.29 is 23.1 Å². The topological polar surface area (TPSA) is 154 Å². The van der Waals surface area contributed by atoms with Crippen LogP contribution in [0.1, 0.15) is 115 Å². The average molecular weight is 968 g/mol. The molecule has 1 N–H and O–H groups in total. The summed E-state index contributed by atoms with van der Waals surface area (Å²) in [4.78, 5) is 34.8. The van der Waals surface area contributed by atoms with Crippen molar-refractivity contribution in [1.29, 1.82) is 5.26 Å². The number of aryl methyl sites for hydroxylation is 2. The number of ether oxygens (including phenoxy) is 1. The van der Waals surface area contributed by atoms with E-state index >= 15 is 0 Å². The number of likely N-dealkylation sites (tertiary alicyclic amines) is 1. The number of rotatable bonds is 11. The zero-order valence-electron chi connectivity index (χ0n) is 38.5. The molecule has 0 bridgehead atoms. The number of fused-ring (bicyclic) bond motifs is 2. The van der Waals surface area contributed by atoms with E-state index in [4.69, 9.17) is 26.7 Å². The largest absolute Gasteiger partial charge is 0.490 e. The van der Waals surface area contributed by atoms with Gasteiger partial charge in [0.05, 0.1) is 35.5 Å². The minimum atomic E-state index is -2.66. The number of piperidine rings is 2. The summed E-state index contributed by atoms with van der Waals surface area (Å²) in [6.45, 7) is 8.07. The molecule has 5 aliphatic rings. The number of anilines is 3. The highest BCUT2D eigenvalue weighted by atomic mass is 35.5. The first-order valence-electron chi connectivity index (χ1n) is 24.0. The highest BCUT2D eigenvalue weighted by Gasteiger charge is 2.36. The van der Waals surface area contributed by atoms with Gasteiger partial charge in [-0.1, -0.05) is 22.9 Å². The van der Waals surface area contributed by atoms with Crippen molar-refractivity contribution in [1.82, 2.24) is 44.9 Å². The fraction of sp³-hybridized carbons (Fsp3) is 0.531. The number of alkyl halides is 2. The fourth-order valence-corrected chi connectivity index (χ4v) is 12.0. The molecular formula is C49H57ClF2N12O3S. The van der Waals surface area contributed by atoms with Crippen LogP contribution in [0, 0.1) is 17.2 Å². The molecule has 2 aromatic carbocycles. The van der Waals surface area contributed by atoms with Crippen molar-refractivity contribution in [3.8, 4) is 22.9 Å². The summed E-state index contributed by atoms with van der Waals surface area (Å²) >= 11 is 7.54. The zero-order chi connectivity index (χ0) is 47.1. The minimum Gasteiger partial charge on any atom is -0.490 e. The number of carbonyl (C=O) groups is 2. The fourth-order valence-electron chi connectivity index (χ4n) is 11.0. The molecule has 0 unspecified atom stereocenters. The molecular weight excluding hydrogens is 910 g/mol. The number of amides is 2. The Morgan fingerprint density at radius 1 is 0.985 bits per heavy atom. The Bertz CT molecular complexity index is 2690. The zero-order valence-corrected chi connectivity index (χ0v) is 40.1. The summed E-state index contributed by atoms with van der Waals surface area (Å²) in [5, 5.41) is 32.2. The quantitative estimate of drug-likeness (QED) is 0.136. The van der Waals surface area contributed by atoms with Crippen LogP contribution in [0.4, 0.5) is 25.4 Å². The number of carbonyl (C=O) groups excluding carboxylic acids is 2. The molecule has 3 fully saturated rings. The highest BCUT2D eigenvalue weighted by molar-refractivity contribution is 7.17. The Kier molecular flexibility index (Phi) is 13.4. The molecule has 7 heterocycles. The molecule has 0 atom stereocenters. The number of nitrogens with one attached hydrogen (secondary N) is 1. The molecule has 68 heavy (non-hydrogen) atoms. The van der Waals surface area contributed by atoms with Gasteiger partial charge in [-0.05, 0) is 106 Å². The molecule has 4 aliphatic heterocycles. The first kappa shape index (κ1) is 46.1.